The largest absolute Gasteiger partial charge is 0.370 e. The van der Waals surface area contributed by atoms with Gasteiger partial charge in [-0.3, -0.25) is 14.4 Å². The summed E-state index contributed by atoms with van der Waals surface area (Å²) in [7, 11) is 0. The van der Waals surface area contributed by atoms with Crippen LogP contribution in [0.2, 0.25) is 0 Å². The van der Waals surface area contributed by atoms with Crippen LogP contribution < -0.4 is 16.4 Å². The molecule has 0 bridgehead atoms. The average molecular weight is 301 g/mol. The lowest BCUT2D eigenvalue weighted by Crippen LogP contribution is -2.44. The molecular formula is C15H31N3O3. The van der Waals surface area contributed by atoms with E-state index in [0.29, 0.717) is 13.0 Å². The second-order valence-corrected chi connectivity index (χ2v) is 4.96. The molecule has 0 aromatic heterocycles. The van der Waals surface area contributed by atoms with E-state index in [1.165, 1.54) is 26.2 Å². The van der Waals surface area contributed by atoms with Gasteiger partial charge in [-0.15, -0.1) is 0 Å². The molecule has 21 heavy (non-hydrogen) atoms. The lowest BCUT2D eigenvalue weighted by atomic mass is 10.1. The van der Waals surface area contributed by atoms with Crippen LogP contribution in [0.3, 0.4) is 0 Å². The molecule has 4 N–H and O–H groups in total. The zero-order valence-electron chi connectivity index (χ0n) is 13.8. The Bertz CT molecular complexity index is 303. The first kappa shape index (κ1) is 21.7. The quantitative estimate of drug-likeness (QED) is 0.562. The van der Waals surface area contributed by atoms with Crippen molar-refractivity contribution >= 4 is 17.7 Å². The summed E-state index contributed by atoms with van der Waals surface area (Å²) < 4.78 is 0. The van der Waals surface area contributed by atoms with Crippen LogP contribution in [0, 0.1) is 0 Å². The van der Waals surface area contributed by atoms with Gasteiger partial charge >= 0.3 is 0 Å². The molecule has 0 aliphatic heterocycles. The third kappa shape index (κ3) is 18.4. The second-order valence-electron chi connectivity index (χ2n) is 4.96. The van der Waals surface area contributed by atoms with E-state index >= 15 is 0 Å². The maximum atomic E-state index is 11.5. The van der Waals surface area contributed by atoms with Gasteiger partial charge in [0.1, 0.15) is 6.04 Å². The molecule has 0 aliphatic carbocycles. The number of rotatable bonds is 9. The fourth-order valence-electron chi connectivity index (χ4n) is 1.60. The highest BCUT2D eigenvalue weighted by Crippen LogP contribution is 2.04. The van der Waals surface area contributed by atoms with Crippen molar-refractivity contribution in [1.29, 1.82) is 0 Å². The van der Waals surface area contributed by atoms with E-state index in [9.17, 15) is 14.4 Å². The molecule has 0 aromatic rings. The Kier molecular flexibility index (Phi) is 15.3. The van der Waals surface area contributed by atoms with Crippen LogP contribution in [0.4, 0.5) is 0 Å². The van der Waals surface area contributed by atoms with Gasteiger partial charge < -0.3 is 16.4 Å². The minimum absolute atomic E-state index is 0.0275. The zero-order valence-corrected chi connectivity index (χ0v) is 13.8. The summed E-state index contributed by atoms with van der Waals surface area (Å²) in [5.41, 5.74) is 4.47. The molecular weight excluding hydrogens is 270 g/mol. The van der Waals surface area contributed by atoms with Gasteiger partial charge in [-0.25, -0.2) is 0 Å². The van der Waals surface area contributed by atoms with Crippen LogP contribution in [0.1, 0.15) is 66.2 Å². The number of nitrogens with one attached hydrogen (secondary N) is 2. The van der Waals surface area contributed by atoms with Gasteiger partial charge in [0.05, 0.1) is 0 Å². The van der Waals surface area contributed by atoms with E-state index in [1.807, 2.05) is 6.92 Å². The molecule has 0 saturated heterocycles. The van der Waals surface area contributed by atoms with Crippen molar-refractivity contribution < 1.29 is 14.4 Å². The Morgan fingerprint density at radius 3 is 2.05 bits per heavy atom. The summed E-state index contributed by atoms with van der Waals surface area (Å²) in [4.78, 5) is 32.1. The van der Waals surface area contributed by atoms with E-state index in [2.05, 4.69) is 23.3 Å². The topological polar surface area (TPSA) is 101 Å². The molecule has 0 aromatic carbocycles. The minimum atomic E-state index is -0.432. The normalized spacial score (nSPS) is 10.9. The molecule has 0 saturated carbocycles. The number of hydrogen-bond donors (Lipinski definition) is 3. The van der Waals surface area contributed by atoms with Crippen LogP contribution in [0.25, 0.3) is 0 Å². The van der Waals surface area contributed by atoms with Crippen LogP contribution in [-0.4, -0.2) is 30.3 Å². The van der Waals surface area contributed by atoms with Gasteiger partial charge in [-0.2, -0.15) is 0 Å². The minimum Gasteiger partial charge on any atom is -0.370 e. The predicted molar refractivity (Wildman–Crippen MR) is 84.5 cm³/mol. The molecule has 0 spiro atoms. The molecule has 0 radical (unpaired) electrons. The predicted octanol–water partition coefficient (Wildman–Crippen LogP) is 1.48. The molecule has 6 heteroatoms. The fourth-order valence-corrected chi connectivity index (χ4v) is 1.60. The van der Waals surface area contributed by atoms with Crippen molar-refractivity contribution in [3.8, 4) is 0 Å². The maximum Gasteiger partial charge on any atom is 0.242 e. The maximum absolute atomic E-state index is 11.5. The average Bonchev–Trinajstić information content (AvgIpc) is 2.38. The van der Waals surface area contributed by atoms with Crippen molar-refractivity contribution in [2.75, 3.05) is 6.54 Å². The van der Waals surface area contributed by atoms with E-state index in [-0.39, 0.29) is 17.7 Å². The summed E-state index contributed by atoms with van der Waals surface area (Å²) >= 11 is 0. The first-order valence-corrected chi connectivity index (χ1v) is 7.68. The van der Waals surface area contributed by atoms with Gasteiger partial charge in [-0.05, 0) is 20.3 Å². The van der Waals surface area contributed by atoms with E-state index in [4.69, 9.17) is 0 Å². The molecule has 3 amide bonds. The Labute approximate surface area is 128 Å². The zero-order chi connectivity index (χ0) is 16.7. The van der Waals surface area contributed by atoms with Gasteiger partial charge in [0, 0.05) is 19.9 Å². The van der Waals surface area contributed by atoms with Gasteiger partial charge in [-0.1, -0.05) is 32.6 Å². The Morgan fingerprint density at radius 2 is 1.57 bits per heavy atom. The standard InChI is InChI=1S/C13H26N2O2.C2H5NO/c1-4-6-7-8-9-10-12(16)15-11(3)13(17)14-5-2;1-2(3)4/h11H,4-10H2,1-3H3,(H,14,17)(H,15,16);1H3,(H2,3,4)/t11-;/m0./s1. The summed E-state index contributed by atoms with van der Waals surface area (Å²) in [6.45, 7) is 7.64. The van der Waals surface area contributed by atoms with Crippen molar-refractivity contribution in [1.82, 2.24) is 10.6 Å². The summed E-state index contributed by atoms with van der Waals surface area (Å²) in [6.07, 6.45) is 6.16. The number of carbonyl (C=O) groups excluding carboxylic acids is 3. The summed E-state index contributed by atoms with van der Waals surface area (Å²) in [6, 6.07) is -0.432. The van der Waals surface area contributed by atoms with Crippen LogP contribution >= 0.6 is 0 Å². The van der Waals surface area contributed by atoms with Crippen LogP contribution in [-0.2, 0) is 14.4 Å². The number of nitrogens with two attached hydrogens (primary N) is 1. The van der Waals surface area contributed by atoms with Crippen molar-refractivity contribution in [3.05, 3.63) is 0 Å². The second kappa shape index (κ2) is 14.8. The van der Waals surface area contributed by atoms with Crippen LogP contribution in [0.15, 0.2) is 0 Å². The Balaban J connectivity index is 0. The van der Waals surface area contributed by atoms with Gasteiger partial charge in [0.2, 0.25) is 17.7 Å². The highest BCUT2D eigenvalue weighted by molar-refractivity contribution is 5.87. The van der Waals surface area contributed by atoms with E-state index < -0.39 is 6.04 Å². The SMILES string of the molecule is CC(N)=O.CCCCCCCC(=O)N[C@@H](C)C(=O)NCC. The molecule has 0 aliphatic rings. The van der Waals surface area contributed by atoms with Crippen LogP contribution in [0.5, 0.6) is 0 Å². The monoisotopic (exact) mass is 301 g/mol. The first-order chi connectivity index (χ1) is 9.84. The number of primary amides is 1. The van der Waals surface area contributed by atoms with Gasteiger partial charge in [0.25, 0.3) is 0 Å². The molecule has 0 heterocycles. The molecule has 6 nitrogen and oxygen atoms in total. The van der Waals surface area contributed by atoms with E-state index in [1.54, 1.807) is 6.92 Å². The molecule has 1 atom stereocenters. The Morgan fingerprint density at radius 1 is 1.05 bits per heavy atom. The van der Waals surface area contributed by atoms with Gasteiger partial charge in [0.15, 0.2) is 0 Å². The number of likely N-dealkylation sites (N-methyl/N-ethyl adjacent to an activating group) is 1. The first-order valence-electron chi connectivity index (χ1n) is 7.68. The number of unbranched alkanes of at least 4 members (excludes halogenated alkanes) is 4. The highest BCUT2D eigenvalue weighted by atomic mass is 16.2. The summed E-state index contributed by atoms with van der Waals surface area (Å²) in [5, 5.41) is 5.39. The third-order valence-electron chi connectivity index (χ3n) is 2.63. The van der Waals surface area contributed by atoms with Crippen molar-refractivity contribution in [2.24, 2.45) is 5.73 Å². The van der Waals surface area contributed by atoms with E-state index in [0.717, 1.165) is 12.8 Å². The third-order valence-corrected chi connectivity index (χ3v) is 2.63. The Hall–Kier alpha value is -1.59. The lowest BCUT2D eigenvalue weighted by molar-refractivity contribution is -0.128. The molecule has 124 valence electrons. The molecule has 0 rings (SSSR count). The number of hydrogen-bond acceptors (Lipinski definition) is 3. The fraction of sp³-hybridized carbons (Fsp3) is 0.800. The molecule has 0 fully saturated rings. The highest BCUT2D eigenvalue weighted by Gasteiger charge is 2.13. The molecule has 0 unspecified atom stereocenters. The smallest absolute Gasteiger partial charge is 0.242 e. The number of carbonyl (C=O) groups is 3. The van der Waals surface area contributed by atoms with Crippen molar-refractivity contribution in [2.45, 2.75) is 72.3 Å². The van der Waals surface area contributed by atoms with Crippen molar-refractivity contribution in [3.63, 3.8) is 0 Å². The number of amides is 3. The lowest BCUT2D eigenvalue weighted by Gasteiger charge is -2.13. The summed E-state index contributed by atoms with van der Waals surface area (Å²) in [5.74, 6) is -0.480.